The molecule has 0 aromatic rings. The molecule has 0 atom stereocenters. The summed E-state index contributed by atoms with van der Waals surface area (Å²) < 4.78 is 5.13. The van der Waals surface area contributed by atoms with Crippen molar-refractivity contribution in [3.05, 3.63) is 0 Å². The topological polar surface area (TPSA) is 58.8 Å². The van der Waals surface area contributed by atoms with Gasteiger partial charge in [0.2, 0.25) is 0 Å². The Hall–Kier alpha value is -0.810. The summed E-state index contributed by atoms with van der Waals surface area (Å²) in [6.45, 7) is 8.58. The van der Waals surface area contributed by atoms with Crippen molar-refractivity contribution in [1.82, 2.24) is 9.80 Å². The quantitative estimate of drug-likeness (QED) is 0.726. The molecule has 5 heteroatoms. The van der Waals surface area contributed by atoms with Crippen molar-refractivity contribution >= 4 is 6.09 Å². The molecule has 0 aromatic heterocycles. The monoisotopic (exact) mass is 215 g/mol. The molecule has 1 aliphatic heterocycles. The van der Waals surface area contributed by atoms with E-state index in [0.29, 0.717) is 6.54 Å². The first-order valence-corrected chi connectivity index (χ1v) is 5.51. The highest BCUT2D eigenvalue weighted by molar-refractivity contribution is 5.67. The maximum absolute atomic E-state index is 11.5. The third-order valence-corrected chi connectivity index (χ3v) is 2.41. The number of ether oxygens (including phenoxy) is 1. The van der Waals surface area contributed by atoms with E-state index in [2.05, 4.69) is 4.90 Å². The Morgan fingerprint density at radius 2 is 1.93 bits per heavy atom. The van der Waals surface area contributed by atoms with Crippen LogP contribution >= 0.6 is 0 Å². The zero-order chi connectivity index (χ0) is 11.3. The fourth-order valence-electron chi connectivity index (χ4n) is 1.61. The number of hydrogen-bond donors (Lipinski definition) is 1. The first-order valence-electron chi connectivity index (χ1n) is 5.51. The lowest BCUT2D eigenvalue weighted by Crippen LogP contribution is -2.50. The molecule has 0 aliphatic carbocycles. The smallest absolute Gasteiger partial charge is 0.410 e. The lowest BCUT2D eigenvalue weighted by atomic mass is 10.3. The summed E-state index contributed by atoms with van der Waals surface area (Å²) >= 11 is 0. The van der Waals surface area contributed by atoms with Gasteiger partial charge in [0.15, 0.2) is 0 Å². The molecular formula is C10H21N3O2. The first-order chi connectivity index (χ1) is 7.13. The minimum Gasteiger partial charge on any atom is -0.447 e. The molecule has 1 amide bonds. The van der Waals surface area contributed by atoms with E-state index in [4.69, 9.17) is 10.5 Å². The summed E-state index contributed by atoms with van der Waals surface area (Å²) in [4.78, 5) is 15.6. The largest absolute Gasteiger partial charge is 0.447 e. The van der Waals surface area contributed by atoms with Crippen LogP contribution in [-0.4, -0.2) is 61.3 Å². The van der Waals surface area contributed by atoms with Gasteiger partial charge in [-0.25, -0.2) is 4.79 Å². The van der Waals surface area contributed by atoms with E-state index in [9.17, 15) is 4.79 Å². The van der Waals surface area contributed by atoms with E-state index >= 15 is 0 Å². The molecule has 1 saturated heterocycles. The molecular weight excluding hydrogens is 194 g/mol. The molecule has 0 spiro atoms. The molecule has 1 heterocycles. The van der Waals surface area contributed by atoms with Crippen molar-refractivity contribution in [1.29, 1.82) is 0 Å². The Balaban J connectivity index is 2.27. The number of carbonyl (C=O) groups is 1. The predicted octanol–water partition coefficient (Wildman–Crippen LogP) is 0.108. The van der Waals surface area contributed by atoms with Crippen molar-refractivity contribution in [2.45, 2.75) is 20.0 Å². The van der Waals surface area contributed by atoms with Crippen LogP contribution in [0.2, 0.25) is 0 Å². The summed E-state index contributed by atoms with van der Waals surface area (Å²) in [5, 5.41) is 0. The zero-order valence-electron chi connectivity index (χ0n) is 9.61. The Morgan fingerprint density at radius 3 is 2.40 bits per heavy atom. The van der Waals surface area contributed by atoms with Crippen LogP contribution in [0.3, 0.4) is 0 Å². The fourth-order valence-corrected chi connectivity index (χ4v) is 1.61. The van der Waals surface area contributed by atoms with Crippen LogP contribution in [0.4, 0.5) is 4.79 Å². The molecule has 15 heavy (non-hydrogen) atoms. The highest BCUT2D eigenvalue weighted by atomic mass is 16.6. The molecule has 0 bridgehead atoms. The summed E-state index contributed by atoms with van der Waals surface area (Å²) in [5.41, 5.74) is 5.47. The van der Waals surface area contributed by atoms with E-state index < -0.39 is 0 Å². The molecule has 1 rings (SSSR count). The predicted molar refractivity (Wildman–Crippen MR) is 58.7 cm³/mol. The molecule has 1 aliphatic rings. The van der Waals surface area contributed by atoms with Gasteiger partial charge >= 0.3 is 6.09 Å². The normalized spacial score (nSPS) is 18.3. The summed E-state index contributed by atoms with van der Waals surface area (Å²) in [5.74, 6) is 0. The van der Waals surface area contributed by atoms with Gasteiger partial charge < -0.3 is 15.4 Å². The fraction of sp³-hybridized carbons (Fsp3) is 0.900. The third kappa shape index (κ3) is 4.05. The minimum atomic E-state index is -0.197. The van der Waals surface area contributed by atoms with E-state index in [1.54, 1.807) is 4.90 Å². The molecule has 0 aromatic carbocycles. The molecule has 5 nitrogen and oxygen atoms in total. The Labute approximate surface area is 91.2 Å². The second kappa shape index (κ2) is 5.92. The van der Waals surface area contributed by atoms with Gasteiger partial charge in [-0.2, -0.15) is 0 Å². The van der Waals surface area contributed by atoms with Crippen molar-refractivity contribution in [3.63, 3.8) is 0 Å². The highest BCUT2D eigenvalue weighted by Crippen LogP contribution is 2.04. The van der Waals surface area contributed by atoms with Gasteiger partial charge in [-0.15, -0.1) is 0 Å². The van der Waals surface area contributed by atoms with E-state index in [-0.39, 0.29) is 12.2 Å². The summed E-state index contributed by atoms with van der Waals surface area (Å²) in [6.07, 6.45) is -0.239. The van der Waals surface area contributed by atoms with Gasteiger partial charge in [0, 0.05) is 39.3 Å². The number of nitrogens with two attached hydrogens (primary N) is 1. The van der Waals surface area contributed by atoms with Crippen LogP contribution in [0.25, 0.3) is 0 Å². The van der Waals surface area contributed by atoms with Crippen LogP contribution in [0.5, 0.6) is 0 Å². The molecule has 88 valence electrons. The van der Waals surface area contributed by atoms with Crippen LogP contribution in [0.15, 0.2) is 0 Å². The molecule has 0 radical (unpaired) electrons. The van der Waals surface area contributed by atoms with Gasteiger partial charge in [-0.1, -0.05) is 0 Å². The van der Waals surface area contributed by atoms with E-state index in [1.807, 2.05) is 13.8 Å². The third-order valence-electron chi connectivity index (χ3n) is 2.41. The summed E-state index contributed by atoms with van der Waals surface area (Å²) in [7, 11) is 0. The summed E-state index contributed by atoms with van der Waals surface area (Å²) in [6, 6.07) is 0. The van der Waals surface area contributed by atoms with Gasteiger partial charge in [-0.3, -0.25) is 4.90 Å². The van der Waals surface area contributed by atoms with Crippen LogP contribution in [-0.2, 0) is 4.74 Å². The highest BCUT2D eigenvalue weighted by Gasteiger charge is 2.21. The Morgan fingerprint density at radius 1 is 1.33 bits per heavy atom. The van der Waals surface area contributed by atoms with Crippen LogP contribution < -0.4 is 5.73 Å². The van der Waals surface area contributed by atoms with Crippen molar-refractivity contribution < 1.29 is 9.53 Å². The standard InChI is InChI=1S/C10H21N3O2/c1-9(2)15-10(14)13-7-5-12(4-3-11)6-8-13/h9H,3-8,11H2,1-2H3. The van der Waals surface area contributed by atoms with Gasteiger partial charge in [0.25, 0.3) is 0 Å². The molecule has 2 N–H and O–H groups in total. The second-order valence-corrected chi connectivity index (χ2v) is 4.05. The van der Waals surface area contributed by atoms with Crippen LogP contribution in [0, 0.1) is 0 Å². The lowest BCUT2D eigenvalue weighted by molar-refractivity contribution is 0.0577. The molecule has 1 fully saturated rings. The van der Waals surface area contributed by atoms with E-state index in [1.165, 1.54) is 0 Å². The maximum Gasteiger partial charge on any atom is 0.410 e. The van der Waals surface area contributed by atoms with Crippen molar-refractivity contribution in [3.8, 4) is 0 Å². The average Bonchev–Trinajstić information content (AvgIpc) is 2.18. The Bertz CT molecular complexity index is 201. The van der Waals surface area contributed by atoms with E-state index in [0.717, 1.165) is 32.7 Å². The van der Waals surface area contributed by atoms with Crippen molar-refractivity contribution in [2.75, 3.05) is 39.3 Å². The number of rotatable bonds is 3. The number of nitrogens with zero attached hydrogens (tertiary/aromatic N) is 2. The van der Waals surface area contributed by atoms with Gasteiger partial charge in [-0.05, 0) is 13.8 Å². The second-order valence-electron chi connectivity index (χ2n) is 4.05. The zero-order valence-corrected chi connectivity index (χ0v) is 9.61. The average molecular weight is 215 g/mol. The van der Waals surface area contributed by atoms with Crippen LogP contribution in [0.1, 0.15) is 13.8 Å². The minimum absolute atomic E-state index is 0.0421. The Kier molecular flexibility index (Phi) is 4.84. The number of piperazine rings is 1. The molecule has 0 unspecified atom stereocenters. The number of hydrogen-bond acceptors (Lipinski definition) is 4. The SMILES string of the molecule is CC(C)OC(=O)N1CCN(CCN)CC1. The number of amides is 1. The maximum atomic E-state index is 11.5. The van der Waals surface area contributed by atoms with Gasteiger partial charge in [0.05, 0.1) is 6.10 Å². The van der Waals surface area contributed by atoms with Gasteiger partial charge in [0.1, 0.15) is 0 Å². The number of carbonyl (C=O) groups excluding carboxylic acids is 1. The lowest BCUT2D eigenvalue weighted by Gasteiger charge is -2.34. The van der Waals surface area contributed by atoms with Crippen molar-refractivity contribution in [2.24, 2.45) is 5.73 Å². The molecule has 0 saturated carbocycles. The first kappa shape index (κ1) is 12.3.